The summed E-state index contributed by atoms with van der Waals surface area (Å²) in [6, 6.07) is 0. The van der Waals surface area contributed by atoms with Crippen LogP contribution in [-0.2, 0) is 0 Å². The smallest absolute Gasteiger partial charge is 0.107 e. The van der Waals surface area contributed by atoms with Crippen LogP contribution in [0.4, 0.5) is 0 Å². The molecule has 0 aliphatic rings. The first kappa shape index (κ1) is 13.0. The molecule has 0 saturated carbocycles. The van der Waals surface area contributed by atoms with Crippen LogP contribution in [0.2, 0.25) is 39.3 Å². The van der Waals surface area contributed by atoms with E-state index in [1.807, 2.05) is 0 Å². The Balaban J connectivity index is 3.41. The second kappa shape index (κ2) is 3.74. The molecule has 0 unspecified atom stereocenters. The van der Waals surface area contributed by atoms with Crippen molar-refractivity contribution >= 4 is 42.7 Å². The number of nitrogens with zero attached hydrogens (tertiary/aromatic N) is 2. The van der Waals surface area contributed by atoms with E-state index in [1.165, 1.54) is 0 Å². The zero-order valence-corrected chi connectivity index (χ0v) is 13.8. The van der Waals surface area contributed by atoms with Gasteiger partial charge in [0.05, 0.1) is 15.1 Å². The van der Waals surface area contributed by atoms with Crippen molar-refractivity contribution in [2.75, 3.05) is 0 Å². The lowest BCUT2D eigenvalue weighted by atomic mass is 10.7. The SMILES string of the molecule is C[Si](C)(C)c1nn(O)c([Si](C)(C)C)c1Br. The topological polar surface area (TPSA) is 38.0 Å². The first-order valence-corrected chi connectivity index (χ1v) is 12.8. The van der Waals surface area contributed by atoms with E-state index in [2.05, 4.69) is 60.3 Å². The predicted octanol–water partition coefficient (Wildman–Crippen LogP) is 1.97. The third-order valence-corrected chi connectivity index (χ3v) is 7.36. The third kappa shape index (κ3) is 2.54. The molecule has 6 heteroatoms. The van der Waals surface area contributed by atoms with Crippen LogP contribution >= 0.6 is 15.9 Å². The van der Waals surface area contributed by atoms with Crippen molar-refractivity contribution in [2.45, 2.75) is 39.3 Å². The normalized spacial score (nSPS) is 13.3. The fourth-order valence-corrected chi connectivity index (χ4v) is 8.03. The summed E-state index contributed by atoms with van der Waals surface area (Å²) >= 11 is 3.60. The van der Waals surface area contributed by atoms with Gasteiger partial charge in [-0.25, -0.2) is 0 Å². The van der Waals surface area contributed by atoms with Crippen LogP contribution in [0, 0.1) is 0 Å². The number of hydrogen-bond donors (Lipinski definition) is 1. The molecule has 0 amide bonds. The summed E-state index contributed by atoms with van der Waals surface area (Å²) in [5.74, 6) is 0. The van der Waals surface area contributed by atoms with Gasteiger partial charge >= 0.3 is 0 Å². The zero-order chi connectivity index (χ0) is 12.0. The van der Waals surface area contributed by atoms with E-state index < -0.39 is 16.1 Å². The average molecular weight is 307 g/mol. The lowest BCUT2D eigenvalue weighted by Crippen LogP contribution is -2.44. The minimum absolute atomic E-state index is 0.986. The molecule has 0 atom stereocenters. The second-order valence-corrected chi connectivity index (χ2v) is 16.6. The molecule has 0 aromatic carbocycles. The summed E-state index contributed by atoms with van der Waals surface area (Å²) in [4.78, 5) is 1.09. The fourth-order valence-electron chi connectivity index (χ4n) is 1.50. The predicted molar refractivity (Wildman–Crippen MR) is 73.1 cm³/mol. The molecule has 0 bridgehead atoms. The lowest BCUT2D eigenvalue weighted by Gasteiger charge is -2.16. The monoisotopic (exact) mass is 306 g/mol. The van der Waals surface area contributed by atoms with Crippen LogP contribution in [0.5, 0.6) is 0 Å². The average Bonchev–Trinajstić information content (AvgIpc) is 2.22. The number of halogens is 1. The molecule has 1 heterocycles. The van der Waals surface area contributed by atoms with Crippen LogP contribution in [0.25, 0.3) is 0 Å². The number of aromatic nitrogens is 2. The molecular formula is C9H19BrN2OSi2. The van der Waals surface area contributed by atoms with Crippen molar-refractivity contribution in [1.82, 2.24) is 9.94 Å². The van der Waals surface area contributed by atoms with Crippen molar-refractivity contribution in [1.29, 1.82) is 0 Å². The van der Waals surface area contributed by atoms with Crippen molar-refractivity contribution in [2.24, 2.45) is 0 Å². The molecule has 0 saturated heterocycles. The van der Waals surface area contributed by atoms with Crippen molar-refractivity contribution in [3.63, 3.8) is 0 Å². The molecule has 86 valence electrons. The zero-order valence-electron chi connectivity index (χ0n) is 10.2. The summed E-state index contributed by atoms with van der Waals surface area (Å²) in [6.07, 6.45) is 0. The van der Waals surface area contributed by atoms with Crippen LogP contribution < -0.4 is 10.6 Å². The van der Waals surface area contributed by atoms with E-state index in [1.54, 1.807) is 0 Å². The van der Waals surface area contributed by atoms with Crippen LogP contribution in [-0.4, -0.2) is 31.3 Å². The Morgan fingerprint density at radius 2 is 1.53 bits per heavy atom. The van der Waals surface area contributed by atoms with E-state index in [0.717, 1.165) is 20.0 Å². The first-order valence-electron chi connectivity index (χ1n) is 5.04. The largest absolute Gasteiger partial charge is 0.412 e. The molecule has 1 aromatic heterocycles. The molecule has 0 aliphatic carbocycles. The highest BCUT2D eigenvalue weighted by Crippen LogP contribution is 2.14. The van der Waals surface area contributed by atoms with Gasteiger partial charge in [-0.1, -0.05) is 39.3 Å². The number of hydrogen-bond acceptors (Lipinski definition) is 2. The first-order chi connectivity index (χ1) is 6.55. The van der Waals surface area contributed by atoms with Gasteiger partial charge in [0.2, 0.25) is 0 Å². The van der Waals surface area contributed by atoms with Gasteiger partial charge in [-0.2, -0.15) is 0 Å². The van der Waals surface area contributed by atoms with Gasteiger partial charge in [-0.3, -0.25) is 0 Å². The van der Waals surface area contributed by atoms with E-state index in [0.29, 0.717) is 0 Å². The standard InChI is InChI=1S/C9H19BrN2OSi2/c1-14(2,3)8-7(10)9(12(13)11-8)15(4,5)6/h13H,1-6H3. The van der Waals surface area contributed by atoms with E-state index in [-0.39, 0.29) is 0 Å². The van der Waals surface area contributed by atoms with Gasteiger partial charge in [0, 0.05) is 0 Å². The highest BCUT2D eigenvalue weighted by molar-refractivity contribution is 9.10. The minimum Gasteiger partial charge on any atom is -0.412 e. The van der Waals surface area contributed by atoms with Gasteiger partial charge in [0.1, 0.15) is 16.1 Å². The van der Waals surface area contributed by atoms with Crippen molar-refractivity contribution < 1.29 is 5.21 Å². The molecule has 0 spiro atoms. The Bertz CT molecular complexity index is 377. The molecule has 0 fully saturated rings. The van der Waals surface area contributed by atoms with Gasteiger partial charge in [0.15, 0.2) is 0 Å². The third-order valence-electron chi connectivity index (χ3n) is 2.23. The Morgan fingerprint density at radius 3 is 1.73 bits per heavy atom. The minimum atomic E-state index is -1.55. The Kier molecular flexibility index (Phi) is 3.24. The van der Waals surface area contributed by atoms with Gasteiger partial charge in [0.25, 0.3) is 0 Å². The number of rotatable bonds is 2. The molecule has 1 rings (SSSR count). The van der Waals surface area contributed by atoms with Crippen LogP contribution in [0.1, 0.15) is 0 Å². The maximum absolute atomic E-state index is 9.84. The van der Waals surface area contributed by atoms with Gasteiger partial charge in [-0.05, 0) is 15.9 Å². The van der Waals surface area contributed by atoms with Crippen molar-refractivity contribution in [3.05, 3.63) is 4.47 Å². The van der Waals surface area contributed by atoms with E-state index in [9.17, 15) is 5.21 Å². The molecule has 3 nitrogen and oxygen atoms in total. The van der Waals surface area contributed by atoms with Crippen LogP contribution in [0.3, 0.4) is 0 Å². The Labute approximate surface area is 102 Å². The Morgan fingerprint density at radius 1 is 1.07 bits per heavy atom. The summed E-state index contributed by atoms with van der Waals surface area (Å²) in [5.41, 5.74) is 0. The maximum Gasteiger partial charge on any atom is 0.107 e. The highest BCUT2D eigenvalue weighted by Gasteiger charge is 2.32. The summed E-state index contributed by atoms with van der Waals surface area (Å²) in [7, 11) is -3.04. The van der Waals surface area contributed by atoms with Crippen LogP contribution in [0.15, 0.2) is 4.47 Å². The van der Waals surface area contributed by atoms with Crippen molar-refractivity contribution in [3.8, 4) is 0 Å². The summed E-state index contributed by atoms with van der Waals surface area (Å²) in [5, 5.41) is 16.2. The molecule has 1 aromatic rings. The summed E-state index contributed by atoms with van der Waals surface area (Å²) < 4.78 is 1.03. The molecule has 1 N–H and O–H groups in total. The molecule has 0 aliphatic heterocycles. The molecule has 15 heavy (non-hydrogen) atoms. The highest BCUT2D eigenvalue weighted by atomic mass is 79.9. The fraction of sp³-hybridized carbons (Fsp3) is 0.667. The van der Waals surface area contributed by atoms with Gasteiger partial charge < -0.3 is 5.21 Å². The van der Waals surface area contributed by atoms with E-state index in [4.69, 9.17) is 0 Å². The second-order valence-electron chi connectivity index (χ2n) is 5.90. The lowest BCUT2D eigenvalue weighted by molar-refractivity contribution is 0.158. The summed E-state index contributed by atoms with van der Waals surface area (Å²) in [6.45, 7) is 13.3. The Hall–Kier alpha value is -0.0762. The quantitative estimate of drug-likeness (QED) is 0.670. The molecular weight excluding hydrogens is 288 g/mol. The molecule has 0 radical (unpaired) electrons. The van der Waals surface area contributed by atoms with Gasteiger partial charge in [-0.15, -0.1) is 9.94 Å². The van der Waals surface area contributed by atoms with E-state index >= 15 is 0 Å². The maximum atomic E-state index is 9.84.